The van der Waals surface area contributed by atoms with Gasteiger partial charge >= 0.3 is 13.1 Å². The normalized spacial score (nSPS) is 19.1. The zero-order chi connectivity index (χ0) is 5.98. The van der Waals surface area contributed by atoms with Crippen molar-refractivity contribution in [2.45, 2.75) is 13.2 Å². The van der Waals surface area contributed by atoms with Crippen LogP contribution in [0.15, 0.2) is 0 Å². The lowest BCUT2D eigenvalue weighted by atomic mass is 9.87. The Balaban J connectivity index is 2.32. The molecule has 3 nitrogen and oxygen atoms in total. The molecule has 8 heavy (non-hydrogen) atoms. The summed E-state index contributed by atoms with van der Waals surface area (Å²) in [4.78, 5) is 10.3. The van der Waals surface area contributed by atoms with Crippen molar-refractivity contribution >= 4 is 13.1 Å². The van der Waals surface area contributed by atoms with Crippen LogP contribution in [0.25, 0.3) is 0 Å². The van der Waals surface area contributed by atoms with Crippen molar-refractivity contribution in [3.05, 3.63) is 0 Å². The van der Waals surface area contributed by atoms with Gasteiger partial charge in [-0.05, 0) is 6.32 Å². The Kier molecular flexibility index (Phi) is 1.53. The van der Waals surface area contributed by atoms with E-state index in [1.54, 1.807) is 0 Å². The molecule has 0 aromatic heterocycles. The summed E-state index contributed by atoms with van der Waals surface area (Å²) in [6, 6.07) is 0. The molecule has 1 heterocycles. The van der Waals surface area contributed by atoms with E-state index >= 15 is 0 Å². The summed E-state index contributed by atoms with van der Waals surface area (Å²) in [5.41, 5.74) is 0. The maximum atomic E-state index is 10.3. The third-order valence-corrected chi connectivity index (χ3v) is 0.983. The van der Waals surface area contributed by atoms with Gasteiger partial charge in [0.2, 0.25) is 0 Å². The van der Waals surface area contributed by atoms with Crippen LogP contribution < -0.4 is 0 Å². The lowest BCUT2D eigenvalue weighted by molar-refractivity contribution is -0.132. The number of rotatable bonds is 1. The van der Waals surface area contributed by atoms with E-state index in [4.69, 9.17) is 4.65 Å². The van der Waals surface area contributed by atoms with Crippen molar-refractivity contribution in [3.8, 4) is 0 Å². The molecule has 0 N–H and O–H groups in total. The van der Waals surface area contributed by atoms with Crippen LogP contribution in [0, 0.1) is 0 Å². The molecular weight excluding hydrogens is 107 g/mol. The maximum Gasteiger partial charge on any atom is 0.527 e. The Morgan fingerprint density at radius 1 is 1.88 bits per heavy atom. The van der Waals surface area contributed by atoms with Crippen molar-refractivity contribution in [2.24, 2.45) is 0 Å². The Morgan fingerprint density at radius 3 is 2.88 bits per heavy atom. The van der Waals surface area contributed by atoms with Gasteiger partial charge in [0, 0.05) is 0 Å². The second kappa shape index (κ2) is 2.18. The van der Waals surface area contributed by atoms with Gasteiger partial charge in [-0.2, -0.15) is 0 Å². The molecular formula is C4H7BO3. The Hall–Kier alpha value is -0.505. The molecule has 0 aliphatic carbocycles. The van der Waals surface area contributed by atoms with Crippen LogP contribution in [-0.4, -0.2) is 19.7 Å². The largest absolute Gasteiger partial charge is 0.527 e. The van der Waals surface area contributed by atoms with Crippen molar-refractivity contribution in [2.75, 3.05) is 6.61 Å². The van der Waals surface area contributed by atoms with Gasteiger partial charge in [-0.1, -0.05) is 6.92 Å². The molecule has 0 aromatic carbocycles. The summed E-state index contributed by atoms with van der Waals surface area (Å²) < 4.78 is 9.49. The zero-order valence-electron chi connectivity index (χ0n) is 4.72. The highest BCUT2D eigenvalue weighted by molar-refractivity contribution is 6.48. The highest BCUT2D eigenvalue weighted by atomic mass is 16.7. The minimum absolute atomic E-state index is 0.124. The van der Waals surface area contributed by atoms with Gasteiger partial charge < -0.3 is 9.31 Å². The molecule has 0 spiro atoms. The number of carbonyl (C=O) groups is 1. The van der Waals surface area contributed by atoms with Gasteiger partial charge in [-0.15, -0.1) is 0 Å². The van der Waals surface area contributed by atoms with E-state index in [2.05, 4.69) is 4.65 Å². The minimum Gasteiger partial charge on any atom is -0.508 e. The summed E-state index contributed by atoms with van der Waals surface area (Å²) in [7, 11) is -0.275. The molecule has 4 heteroatoms. The van der Waals surface area contributed by atoms with E-state index in [1.165, 1.54) is 0 Å². The summed E-state index contributed by atoms with van der Waals surface area (Å²) >= 11 is 0. The number of hydrogen-bond donors (Lipinski definition) is 0. The average Bonchev–Trinajstić information content (AvgIpc) is 2.14. The summed E-state index contributed by atoms with van der Waals surface area (Å²) in [6.45, 7) is 2.03. The lowest BCUT2D eigenvalue weighted by Gasteiger charge is -1.94. The fourth-order valence-corrected chi connectivity index (χ4v) is 0.577. The van der Waals surface area contributed by atoms with Crippen molar-refractivity contribution < 1.29 is 14.1 Å². The molecule has 0 atom stereocenters. The summed E-state index contributed by atoms with van der Waals surface area (Å²) in [6.07, 6.45) is 0.742. The number of carbonyl (C=O) groups excluding carboxylic acids is 1. The second-order valence-electron chi connectivity index (χ2n) is 1.64. The quantitative estimate of drug-likeness (QED) is 0.452. The molecule has 44 valence electrons. The molecule has 1 aliphatic rings. The number of hydrogen-bond acceptors (Lipinski definition) is 3. The highest BCUT2D eigenvalue weighted by Gasteiger charge is 2.28. The third kappa shape index (κ3) is 1.01. The van der Waals surface area contributed by atoms with Gasteiger partial charge in [0.05, 0.1) is 0 Å². The molecule has 1 rings (SSSR count). The van der Waals surface area contributed by atoms with Gasteiger partial charge in [-0.25, -0.2) is 0 Å². The smallest absolute Gasteiger partial charge is 0.508 e. The van der Waals surface area contributed by atoms with Crippen molar-refractivity contribution in [1.29, 1.82) is 0 Å². The van der Waals surface area contributed by atoms with Crippen LogP contribution in [0.5, 0.6) is 0 Å². The van der Waals surface area contributed by atoms with Crippen LogP contribution in [0.2, 0.25) is 6.32 Å². The Morgan fingerprint density at radius 2 is 2.62 bits per heavy atom. The second-order valence-corrected chi connectivity index (χ2v) is 1.64. The van der Waals surface area contributed by atoms with E-state index in [0.717, 1.165) is 6.32 Å². The molecule has 0 aromatic rings. The Bertz CT molecular complexity index is 103. The topological polar surface area (TPSA) is 35.5 Å². The van der Waals surface area contributed by atoms with E-state index in [0.29, 0.717) is 0 Å². The first-order chi connectivity index (χ1) is 3.83. The SMILES string of the molecule is CCB1OCC(=O)O1. The van der Waals surface area contributed by atoms with Crippen molar-refractivity contribution in [3.63, 3.8) is 0 Å². The highest BCUT2D eigenvalue weighted by Crippen LogP contribution is 2.03. The molecule has 0 unspecified atom stereocenters. The minimum atomic E-state index is -0.275. The van der Waals surface area contributed by atoms with Gasteiger partial charge in [0.25, 0.3) is 0 Å². The predicted octanol–water partition coefficient (Wildman–Crippen LogP) is 0.0679. The van der Waals surface area contributed by atoms with E-state index in [9.17, 15) is 4.79 Å². The van der Waals surface area contributed by atoms with Crippen LogP contribution in [0.3, 0.4) is 0 Å². The summed E-state index contributed by atoms with van der Waals surface area (Å²) in [5, 5.41) is 0. The maximum absolute atomic E-state index is 10.3. The van der Waals surface area contributed by atoms with E-state index in [1.807, 2.05) is 6.92 Å². The average molecular weight is 114 g/mol. The van der Waals surface area contributed by atoms with Gasteiger partial charge in [0.15, 0.2) is 0 Å². The third-order valence-electron chi connectivity index (χ3n) is 0.983. The van der Waals surface area contributed by atoms with Gasteiger partial charge in [0.1, 0.15) is 6.61 Å². The van der Waals surface area contributed by atoms with Crippen LogP contribution in [-0.2, 0) is 14.1 Å². The fraction of sp³-hybridized carbons (Fsp3) is 0.750. The molecule has 1 saturated heterocycles. The molecule has 1 aliphatic heterocycles. The van der Waals surface area contributed by atoms with Crippen LogP contribution >= 0.6 is 0 Å². The Labute approximate surface area is 48.1 Å². The molecule has 0 amide bonds. The molecule has 0 bridgehead atoms. The fourth-order valence-electron chi connectivity index (χ4n) is 0.577. The van der Waals surface area contributed by atoms with E-state index in [-0.39, 0.29) is 19.7 Å². The van der Waals surface area contributed by atoms with Crippen LogP contribution in [0.1, 0.15) is 6.92 Å². The monoisotopic (exact) mass is 114 g/mol. The first-order valence-electron chi connectivity index (χ1n) is 2.64. The molecule has 0 radical (unpaired) electrons. The summed E-state index contributed by atoms with van der Waals surface area (Å²) in [5.74, 6) is -0.253. The van der Waals surface area contributed by atoms with Crippen LogP contribution in [0.4, 0.5) is 0 Å². The van der Waals surface area contributed by atoms with Gasteiger partial charge in [-0.3, -0.25) is 4.79 Å². The zero-order valence-corrected chi connectivity index (χ0v) is 4.72. The molecule has 0 saturated carbocycles. The first-order valence-corrected chi connectivity index (χ1v) is 2.64. The van der Waals surface area contributed by atoms with E-state index < -0.39 is 0 Å². The lowest BCUT2D eigenvalue weighted by Crippen LogP contribution is -2.11. The molecule has 1 fully saturated rings. The van der Waals surface area contributed by atoms with Crippen molar-refractivity contribution in [1.82, 2.24) is 0 Å². The predicted molar refractivity (Wildman–Crippen MR) is 28.3 cm³/mol. The standard InChI is InChI=1S/C4H7BO3/c1-2-5-7-3-4(6)8-5/h2-3H2,1H3. The first kappa shape index (κ1) is 5.63.